The highest BCUT2D eigenvalue weighted by Crippen LogP contribution is 2.29. The maximum Gasteiger partial charge on any atom is 0.214 e. The molecular weight excluding hydrogens is 364 g/mol. The number of benzene rings is 1. The van der Waals surface area contributed by atoms with Crippen LogP contribution in [-0.2, 0) is 0 Å². The van der Waals surface area contributed by atoms with Crippen LogP contribution in [0.1, 0.15) is 6.42 Å². The first-order chi connectivity index (χ1) is 12.6. The van der Waals surface area contributed by atoms with Gasteiger partial charge < -0.3 is 15.4 Å². The van der Waals surface area contributed by atoms with E-state index in [1.54, 1.807) is 12.1 Å². The molecule has 6 nitrogen and oxygen atoms in total. The van der Waals surface area contributed by atoms with Gasteiger partial charge in [-0.3, -0.25) is 0 Å². The van der Waals surface area contributed by atoms with Crippen LogP contribution in [0.15, 0.2) is 30.6 Å². The number of aromatic nitrogens is 3. The zero-order valence-electron chi connectivity index (χ0n) is 13.5. The summed E-state index contributed by atoms with van der Waals surface area (Å²) in [6.45, 7) is 1.66. The van der Waals surface area contributed by atoms with Gasteiger partial charge >= 0.3 is 0 Å². The van der Waals surface area contributed by atoms with E-state index in [1.165, 1.54) is 12.4 Å². The molecule has 0 aliphatic carbocycles. The van der Waals surface area contributed by atoms with E-state index in [9.17, 15) is 8.78 Å². The van der Waals surface area contributed by atoms with E-state index in [0.717, 1.165) is 25.6 Å². The summed E-state index contributed by atoms with van der Waals surface area (Å²) >= 11 is 5.62. The first-order valence-corrected chi connectivity index (χ1v) is 8.39. The van der Waals surface area contributed by atoms with Crippen LogP contribution in [-0.4, -0.2) is 34.1 Å². The number of hydrogen-bond acceptors (Lipinski definition) is 6. The minimum atomic E-state index is -0.900. The van der Waals surface area contributed by atoms with E-state index in [4.69, 9.17) is 16.3 Å². The smallest absolute Gasteiger partial charge is 0.214 e. The molecule has 3 heterocycles. The lowest BCUT2D eigenvalue weighted by Crippen LogP contribution is -2.20. The van der Waals surface area contributed by atoms with Gasteiger partial charge in [0.1, 0.15) is 28.8 Å². The van der Waals surface area contributed by atoms with Crippen LogP contribution in [0, 0.1) is 11.6 Å². The van der Waals surface area contributed by atoms with Crippen LogP contribution in [0.2, 0.25) is 5.02 Å². The number of nitrogens with zero attached hydrogens (tertiary/aromatic N) is 3. The molecule has 1 saturated heterocycles. The minimum absolute atomic E-state index is 0.00971. The van der Waals surface area contributed by atoms with Gasteiger partial charge in [-0.05, 0) is 31.2 Å². The Labute approximate surface area is 152 Å². The van der Waals surface area contributed by atoms with E-state index in [1.807, 2.05) is 0 Å². The number of ether oxygens (including phenoxy) is 1. The summed E-state index contributed by atoms with van der Waals surface area (Å²) in [5, 5.41) is 5.43. The summed E-state index contributed by atoms with van der Waals surface area (Å²) in [5.41, 5.74) is 0.966. The van der Waals surface area contributed by atoms with Gasteiger partial charge in [0.2, 0.25) is 5.88 Å². The molecule has 0 spiro atoms. The molecule has 9 heteroatoms. The van der Waals surface area contributed by atoms with Crippen LogP contribution in [0.25, 0.3) is 11.0 Å². The Morgan fingerprint density at radius 3 is 2.88 bits per heavy atom. The lowest BCUT2D eigenvalue weighted by Gasteiger charge is -2.13. The Bertz CT molecular complexity index is 965. The number of fused-ring (bicyclic) bond motifs is 1. The summed E-state index contributed by atoms with van der Waals surface area (Å²) in [7, 11) is 0. The van der Waals surface area contributed by atoms with E-state index >= 15 is 0 Å². The van der Waals surface area contributed by atoms with Crippen molar-refractivity contribution in [3.05, 3.63) is 47.2 Å². The average Bonchev–Trinajstić information content (AvgIpc) is 3.15. The van der Waals surface area contributed by atoms with Gasteiger partial charge in [0.25, 0.3) is 0 Å². The van der Waals surface area contributed by atoms with Crippen LogP contribution >= 0.6 is 11.6 Å². The van der Waals surface area contributed by atoms with Gasteiger partial charge in [-0.25, -0.2) is 23.7 Å². The van der Waals surface area contributed by atoms with Crippen molar-refractivity contribution in [2.45, 2.75) is 12.5 Å². The molecule has 4 rings (SSSR count). The molecule has 26 heavy (non-hydrogen) atoms. The van der Waals surface area contributed by atoms with Crippen molar-refractivity contribution in [1.82, 2.24) is 20.3 Å². The normalized spacial score (nSPS) is 16.8. The topological polar surface area (TPSA) is 72.0 Å². The third-order valence-corrected chi connectivity index (χ3v) is 4.39. The quantitative estimate of drug-likeness (QED) is 0.679. The second kappa shape index (κ2) is 6.97. The SMILES string of the molecule is Fc1ccc(Nc2ncnc3ccc(O[C@H]4CCNC4)nc23)c(F)c1Cl. The van der Waals surface area contributed by atoms with Crippen molar-refractivity contribution < 1.29 is 13.5 Å². The molecule has 0 bridgehead atoms. The van der Waals surface area contributed by atoms with Gasteiger partial charge in [0.15, 0.2) is 11.6 Å². The number of halogens is 3. The van der Waals surface area contributed by atoms with Crippen molar-refractivity contribution >= 4 is 34.1 Å². The number of hydrogen-bond donors (Lipinski definition) is 2. The Morgan fingerprint density at radius 2 is 2.08 bits per heavy atom. The van der Waals surface area contributed by atoms with Crippen molar-refractivity contribution in [1.29, 1.82) is 0 Å². The number of nitrogens with one attached hydrogen (secondary N) is 2. The summed E-state index contributed by atoms with van der Waals surface area (Å²) < 4.78 is 33.4. The lowest BCUT2D eigenvalue weighted by molar-refractivity contribution is 0.215. The second-order valence-electron chi connectivity index (χ2n) is 5.82. The zero-order chi connectivity index (χ0) is 18.1. The third-order valence-electron chi connectivity index (χ3n) is 4.05. The van der Waals surface area contributed by atoms with Gasteiger partial charge in [-0.15, -0.1) is 0 Å². The molecule has 1 fully saturated rings. The fraction of sp³-hybridized carbons (Fsp3) is 0.235. The summed E-state index contributed by atoms with van der Waals surface area (Å²) in [4.78, 5) is 12.7. The molecule has 3 aromatic rings. The molecule has 2 N–H and O–H groups in total. The third kappa shape index (κ3) is 3.25. The predicted octanol–water partition coefficient (Wildman–Crippen LogP) is 3.44. The standard InChI is InChI=1S/C17H14ClF2N5O/c18-14-10(19)1-2-11(15(14)20)24-17-16-12(22-8-23-17)3-4-13(25-16)26-9-5-6-21-7-9/h1-4,8-9,21H,5-7H2,(H,22,23,24)/t9-/m0/s1. The van der Waals surface area contributed by atoms with Gasteiger partial charge in [-0.1, -0.05) is 11.6 Å². The molecule has 0 saturated carbocycles. The molecule has 1 aliphatic rings. The Morgan fingerprint density at radius 1 is 1.19 bits per heavy atom. The predicted molar refractivity (Wildman–Crippen MR) is 93.9 cm³/mol. The van der Waals surface area contributed by atoms with Crippen molar-refractivity contribution in [2.75, 3.05) is 18.4 Å². The van der Waals surface area contributed by atoms with Crippen molar-refractivity contribution in [3.8, 4) is 5.88 Å². The van der Waals surface area contributed by atoms with E-state index < -0.39 is 16.7 Å². The van der Waals surface area contributed by atoms with Gasteiger partial charge in [-0.2, -0.15) is 0 Å². The molecule has 2 aromatic heterocycles. The molecule has 1 aromatic carbocycles. The van der Waals surface area contributed by atoms with Gasteiger partial charge in [0.05, 0.1) is 11.2 Å². The molecule has 0 amide bonds. The molecule has 134 valence electrons. The van der Waals surface area contributed by atoms with Crippen molar-refractivity contribution in [3.63, 3.8) is 0 Å². The number of anilines is 2. The summed E-state index contributed by atoms with van der Waals surface area (Å²) in [6.07, 6.45) is 2.28. The highest BCUT2D eigenvalue weighted by molar-refractivity contribution is 6.31. The first kappa shape index (κ1) is 16.9. The van der Waals surface area contributed by atoms with Crippen LogP contribution < -0.4 is 15.4 Å². The van der Waals surface area contributed by atoms with E-state index in [2.05, 4.69) is 25.6 Å². The number of rotatable bonds is 4. The highest BCUT2D eigenvalue weighted by atomic mass is 35.5. The fourth-order valence-electron chi connectivity index (χ4n) is 2.73. The fourth-order valence-corrected chi connectivity index (χ4v) is 2.89. The van der Waals surface area contributed by atoms with Crippen LogP contribution in [0.3, 0.4) is 0 Å². The molecular formula is C17H14ClF2N5O. The zero-order valence-corrected chi connectivity index (χ0v) is 14.2. The van der Waals surface area contributed by atoms with Crippen molar-refractivity contribution in [2.24, 2.45) is 0 Å². The Kier molecular flexibility index (Phi) is 4.52. The average molecular weight is 378 g/mol. The van der Waals surface area contributed by atoms with Crippen LogP contribution in [0.4, 0.5) is 20.3 Å². The molecule has 0 radical (unpaired) electrons. The highest BCUT2D eigenvalue weighted by Gasteiger charge is 2.18. The summed E-state index contributed by atoms with van der Waals surface area (Å²) in [6, 6.07) is 5.80. The number of pyridine rings is 1. The second-order valence-corrected chi connectivity index (χ2v) is 6.20. The van der Waals surface area contributed by atoms with Gasteiger partial charge in [0, 0.05) is 12.6 Å². The van der Waals surface area contributed by atoms with Crippen LogP contribution in [0.5, 0.6) is 5.88 Å². The molecule has 1 atom stereocenters. The summed E-state index contributed by atoms with van der Waals surface area (Å²) in [5.74, 6) is -1.03. The minimum Gasteiger partial charge on any atom is -0.473 e. The Balaban J connectivity index is 1.69. The molecule has 0 unspecified atom stereocenters. The Hall–Kier alpha value is -2.58. The molecule has 1 aliphatic heterocycles. The largest absolute Gasteiger partial charge is 0.473 e. The first-order valence-electron chi connectivity index (χ1n) is 8.01. The maximum atomic E-state index is 14.2. The van der Waals surface area contributed by atoms with E-state index in [0.29, 0.717) is 16.9 Å². The monoisotopic (exact) mass is 377 g/mol. The maximum absolute atomic E-state index is 14.2. The van der Waals surface area contributed by atoms with E-state index in [-0.39, 0.29) is 17.6 Å². The lowest BCUT2D eigenvalue weighted by atomic mass is 10.2.